The molecular weight excluding hydrogens is 218 g/mol. The van der Waals surface area contributed by atoms with Gasteiger partial charge in [0, 0.05) is 33.9 Å². The fourth-order valence-electron chi connectivity index (χ4n) is 1.68. The number of ether oxygens (including phenoxy) is 2. The average molecular weight is 243 g/mol. The molecule has 17 heavy (non-hydrogen) atoms. The van der Waals surface area contributed by atoms with Crippen molar-refractivity contribution >= 4 is 0 Å². The maximum Gasteiger partial charge on any atom is 0.116 e. The lowest BCUT2D eigenvalue weighted by molar-refractivity contribution is 0.102. The maximum absolute atomic E-state index is 9.21. The Bertz CT molecular complexity index is 222. The molecule has 5 nitrogen and oxygen atoms in total. The summed E-state index contributed by atoms with van der Waals surface area (Å²) in [6.07, 6.45) is 0. The van der Waals surface area contributed by atoms with E-state index in [1.807, 2.05) is 13.8 Å². The number of hydrogen-bond donors (Lipinski definition) is 1. The molecule has 0 amide bonds. The number of hydrogen-bond acceptors (Lipinski definition) is 5. The zero-order valence-electron chi connectivity index (χ0n) is 11.5. The van der Waals surface area contributed by atoms with E-state index in [1.54, 1.807) is 14.2 Å². The van der Waals surface area contributed by atoms with Crippen molar-refractivity contribution in [3.05, 3.63) is 0 Å². The largest absolute Gasteiger partial charge is 0.383 e. The highest BCUT2D eigenvalue weighted by Crippen LogP contribution is 2.05. The van der Waals surface area contributed by atoms with Gasteiger partial charge in [0.2, 0.25) is 0 Å². The van der Waals surface area contributed by atoms with E-state index >= 15 is 0 Å². The molecule has 0 rings (SSSR count). The number of nitriles is 1. The number of likely N-dealkylation sites (N-methyl/N-ethyl adjacent to an activating group) is 1. The fourth-order valence-corrected chi connectivity index (χ4v) is 1.68. The molecular formula is C12H25N3O2. The molecule has 1 N–H and O–H groups in total. The minimum absolute atomic E-state index is 0.518. The fraction of sp³-hybridized carbons (Fsp3) is 0.917. The minimum atomic E-state index is -0.518. The van der Waals surface area contributed by atoms with Crippen LogP contribution in [0.1, 0.15) is 13.8 Å². The lowest BCUT2D eigenvalue weighted by Crippen LogP contribution is -2.51. The van der Waals surface area contributed by atoms with Gasteiger partial charge in [-0.1, -0.05) is 6.92 Å². The van der Waals surface area contributed by atoms with Crippen LogP contribution in [0.5, 0.6) is 0 Å². The smallest absolute Gasteiger partial charge is 0.116 e. The van der Waals surface area contributed by atoms with Gasteiger partial charge >= 0.3 is 0 Å². The first-order chi connectivity index (χ1) is 8.11. The minimum Gasteiger partial charge on any atom is -0.383 e. The molecule has 1 unspecified atom stereocenters. The summed E-state index contributed by atoms with van der Waals surface area (Å²) < 4.78 is 10.1. The molecule has 0 fully saturated rings. The molecule has 100 valence electrons. The van der Waals surface area contributed by atoms with Crippen LogP contribution in [0.2, 0.25) is 0 Å². The molecule has 0 saturated heterocycles. The first-order valence-electron chi connectivity index (χ1n) is 5.98. The highest BCUT2D eigenvalue weighted by atomic mass is 16.5. The van der Waals surface area contributed by atoms with Crippen LogP contribution in [0, 0.1) is 11.3 Å². The predicted octanol–water partition coefficient (Wildman–Crippen LogP) is 0.473. The van der Waals surface area contributed by atoms with Gasteiger partial charge in [-0.15, -0.1) is 0 Å². The van der Waals surface area contributed by atoms with Gasteiger partial charge < -0.3 is 9.47 Å². The third kappa shape index (κ3) is 7.29. The molecule has 0 bridgehead atoms. The van der Waals surface area contributed by atoms with Crippen LogP contribution < -0.4 is 5.32 Å². The van der Waals surface area contributed by atoms with Crippen molar-refractivity contribution in [2.45, 2.75) is 19.4 Å². The lowest BCUT2D eigenvalue weighted by atomic mass is 10.0. The predicted molar refractivity (Wildman–Crippen MR) is 67.9 cm³/mol. The Morgan fingerprint density at radius 2 is 1.76 bits per heavy atom. The molecule has 0 heterocycles. The van der Waals surface area contributed by atoms with Crippen LogP contribution in [-0.2, 0) is 9.47 Å². The summed E-state index contributed by atoms with van der Waals surface area (Å²) in [4.78, 5) is 2.18. The molecule has 0 aromatic heterocycles. The molecule has 0 aliphatic carbocycles. The van der Waals surface area contributed by atoms with Crippen molar-refractivity contribution in [2.75, 3.05) is 53.6 Å². The standard InChI is InChI=1S/C12H25N3O2/c1-5-14-12(2,10-13)11-15(6-8-16-3)7-9-17-4/h14H,5-9,11H2,1-4H3. The van der Waals surface area contributed by atoms with Crippen molar-refractivity contribution in [1.29, 1.82) is 5.26 Å². The molecule has 0 aliphatic heterocycles. The van der Waals surface area contributed by atoms with Gasteiger partial charge in [-0.25, -0.2) is 0 Å². The van der Waals surface area contributed by atoms with E-state index in [9.17, 15) is 5.26 Å². The van der Waals surface area contributed by atoms with Gasteiger partial charge in [0.15, 0.2) is 0 Å². The van der Waals surface area contributed by atoms with Gasteiger partial charge in [-0.05, 0) is 13.5 Å². The van der Waals surface area contributed by atoms with Crippen LogP contribution in [0.3, 0.4) is 0 Å². The number of nitrogens with zero attached hydrogens (tertiary/aromatic N) is 2. The molecule has 0 aromatic rings. The SMILES string of the molecule is CCNC(C)(C#N)CN(CCOC)CCOC. The molecule has 5 heteroatoms. The zero-order valence-corrected chi connectivity index (χ0v) is 11.5. The van der Waals surface area contributed by atoms with E-state index < -0.39 is 5.54 Å². The number of methoxy groups -OCH3 is 2. The van der Waals surface area contributed by atoms with Crippen LogP contribution in [-0.4, -0.2) is 64.1 Å². The summed E-state index contributed by atoms with van der Waals surface area (Å²) in [6, 6.07) is 2.33. The summed E-state index contributed by atoms with van der Waals surface area (Å²) >= 11 is 0. The van der Waals surface area contributed by atoms with Crippen molar-refractivity contribution < 1.29 is 9.47 Å². The molecule has 0 spiro atoms. The van der Waals surface area contributed by atoms with E-state index in [0.717, 1.165) is 19.6 Å². The first kappa shape index (κ1) is 16.3. The van der Waals surface area contributed by atoms with Gasteiger partial charge in [-0.2, -0.15) is 5.26 Å². The second-order valence-corrected chi connectivity index (χ2v) is 4.24. The quantitative estimate of drug-likeness (QED) is 0.604. The van der Waals surface area contributed by atoms with E-state index in [1.165, 1.54) is 0 Å². The highest BCUT2D eigenvalue weighted by molar-refractivity contribution is 5.05. The van der Waals surface area contributed by atoms with Gasteiger partial charge in [0.25, 0.3) is 0 Å². The lowest BCUT2D eigenvalue weighted by Gasteiger charge is -2.30. The van der Waals surface area contributed by atoms with E-state index in [-0.39, 0.29) is 0 Å². The molecule has 0 saturated carbocycles. The highest BCUT2D eigenvalue weighted by Gasteiger charge is 2.25. The van der Waals surface area contributed by atoms with Gasteiger partial charge in [0.1, 0.15) is 5.54 Å². The second-order valence-electron chi connectivity index (χ2n) is 4.24. The summed E-state index contributed by atoms with van der Waals surface area (Å²) in [7, 11) is 3.37. The molecule has 0 aromatic carbocycles. The van der Waals surface area contributed by atoms with Crippen LogP contribution >= 0.6 is 0 Å². The zero-order chi connectivity index (χ0) is 13.1. The Kier molecular flexibility index (Phi) is 9.00. The van der Waals surface area contributed by atoms with Crippen LogP contribution in [0.4, 0.5) is 0 Å². The van der Waals surface area contributed by atoms with E-state index in [4.69, 9.17) is 9.47 Å². The van der Waals surface area contributed by atoms with Crippen molar-refractivity contribution in [3.63, 3.8) is 0 Å². The topological polar surface area (TPSA) is 57.5 Å². The third-order valence-electron chi connectivity index (χ3n) is 2.58. The monoisotopic (exact) mass is 243 g/mol. The van der Waals surface area contributed by atoms with Gasteiger partial charge in [-0.3, -0.25) is 10.2 Å². The Morgan fingerprint density at radius 3 is 2.12 bits per heavy atom. The van der Waals surface area contributed by atoms with E-state index in [0.29, 0.717) is 19.8 Å². The Balaban J connectivity index is 4.31. The normalized spacial score (nSPS) is 14.6. The maximum atomic E-state index is 9.21. The second kappa shape index (κ2) is 9.37. The Labute approximate surface area is 105 Å². The van der Waals surface area contributed by atoms with Crippen molar-refractivity contribution in [1.82, 2.24) is 10.2 Å². The Hall–Kier alpha value is -0.670. The third-order valence-corrected chi connectivity index (χ3v) is 2.58. The number of rotatable bonds is 10. The summed E-state index contributed by atoms with van der Waals surface area (Å²) in [5.74, 6) is 0. The van der Waals surface area contributed by atoms with E-state index in [2.05, 4.69) is 16.3 Å². The van der Waals surface area contributed by atoms with Crippen LogP contribution in [0.15, 0.2) is 0 Å². The average Bonchev–Trinajstić information content (AvgIpc) is 2.33. The van der Waals surface area contributed by atoms with Crippen molar-refractivity contribution in [2.24, 2.45) is 0 Å². The summed E-state index contributed by atoms with van der Waals surface area (Å²) in [5, 5.41) is 12.4. The Morgan fingerprint density at radius 1 is 1.24 bits per heavy atom. The molecule has 0 radical (unpaired) electrons. The van der Waals surface area contributed by atoms with Crippen LogP contribution in [0.25, 0.3) is 0 Å². The number of nitrogens with one attached hydrogen (secondary N) is 1. The summed E-state index contributed by atoms with van der Waals surface area (Å²) in [5.41, 5.74) is -0.518. The first-order valence-corrected chi connectivity index (χ1v) is 5.98. The molecule has 0 aliphatic rings. The molecule has 1 atom stereocenters. The summed E-state index contributed by atoms with van der Waals surface area (Å²) in [6.45, 7) is 8.32. The van der Waals surface area contributed by atoms with Gasteiger partial charge in [0.05, 0.1) is 19.3 Å². The van der Waals surface area contributed by atoms with Crippen molar-refractivity contribution in [3.8, 4) is 6.07 Å².